The van der Waals surface area contributed by atoms with Crippen molar-refractivity contribution in [3.05, 3.63) is 59.0 Å². The number of anilines is 1. The van der Waals surface area contributed by atoms with Gasteiger partial charge in [-0.3, -0.25) is 4.79 Å². The number of hydrogen-bond acceptors (Lipinski definition) is 6. The van der Waals surface area contributed by atoms with Gasteiger partial charge in [0.2, 0.25) is 17.7 Å². The predicted molar refractivity (Wildman–Crippen MR) is 139 cm³/mol. The Morgan fingerprint density at radius 2 is 2.11 bits per heavy atom. The highest BCUT2D eigenvalue weighted by Crippen LogP contribution is 2.61. The van der Waals surface area contributed by atoms with Crippen molar-refractivity contribution in [1.29, 1.82) is 5.26 Å². The summed E-state index contributed by atoms with van der Waals surface area (Å²) in [5.41, 5.74) is 4.03. The van der Waals surface area contributed by atoms with E-state index in [0.29, 0.717) is 29.9 Å². The van der Waals surface area contributed by atoms with Crippen LogP contribution in [0.2, 0.25) is 0 Å². The maximum absolute atomic E-state index is 13.4. The second-order valence-electron chi connectivity index (χ2n) is 9.71. The van der Waals surface area contributed by atoms with E-state index in [9.17, 15) is 10.1 Å². The molecule has 2 atom stereocenters. The molecule has 7 nitrogen and oxygen atoms in total. The van der Waals surface area contributed by atoms with Crippen LogP contribution in [0.3, 0.4) is 0 Å². The van der Waals surface area contributed by atoms with E-state index in [4.69, 9.17) is 9.15 Å². The van der Waals surface area contributed by atoms with Gasteiger partial charge in [0, 0.05) is 34.1 Å². The van der Waals surface area contributed by atoms with Crippen LogP contribution in [0.4, 0.5) is 5.69 Å². The first-order valence-corrected chi connectivity index (χ1v) is 13.6. The average molecular weight is 580 g/mol. The van der Waals surface area contributed by atoms with Crippen molar-refractivity contribution < 1.29 is 13.9 Å². The van der Waals surface area contributed by atoms with E-state index >= 15 is 0 Å². The zero-order valence-electron chi connectivity index (χ0n) is 19.2. The summed E-state index contributed by atoms with van der Waals surface area (Å²) in [6.07, 6.45) is 5.67. The van der Waals surface area contributed by atoms with E-state index in [1.807, 2.05) is 24.3 Å². The van der Waals surface area contributed by atoms with Crippen LogP contribution in [0, 0.1) is 17.2 Å². The highest BCUT2D eigenvalue weighted by atomic mass is 127. The number of nitrogens with one attached hydrogen (secondary N) is 1. The number of rotatable bonds is 7. The first-order chi connectivity index (χ1) is 17.1. The van der Waals surface area contributed by atoms with Gasteiger partial charge in [-0.25, -0.2) is 0 Å². The van der Waals surface area contributed by atoms with E-state index in [1.54, 1.807) is 6.07 Å². The Balaban J connectivity index is 1.26. The summed E-state index contributed by atoms with van der Waals surface area (Å²) in [7, 11) is 0. The van der Waals surface area contributed by atoms with Gasteiger partial charge in [-0.15, -0.1) is 10.2 Å². The minimum atomic E-state index is -0.248. The lowest BCUT2D eigenvalue weighted by Crippen LogP contribution is -2.27. The van der Waals surface area contributed by atoms with Crippen LogP contribution in [-0.2, 0) is 16.6 Å². The molecule has 1 N–H and O–H groups in total. The standard InChI is InChI=1S/C27H25IN4O3/c28-10-1-2-17-4-3-16(15-29)12-22(17)30-24(33)21-14-27(21)9-11-34-23-8-7-19(13-20(23)27)26-32-31-25(35-26)18-5-6-18/h3-4,7-8,12-13,18,21H,1-2,5-6,9-11,14H2,(H,30,33)/t21-,27-/m0/s1. The Morgan fingerprint density at radius 1 is 1.23 bits per heavy atom. The number of benzene rings is 2. The first-order valence-electron chi connectivity index (χ1n) is 12.1. The van der Waals surface area contributed by atoms with Gasteiger partial charge < -0.3 is 14.5 Å². The van der Waals surface area contributed by atoms with Gasteiger partial charge in [0.05, 0.1) is 18.2 Å². The molecule has 1 aliphatic heterocycles. The summed E-state index contributed by atoms with van der Waals surface area (Å²) in [6.45, 7) is 0.591. The largest absolute Gasteiger partial charge is 0.493 e. The Hall–Kier alpha value is -2.93. The molecule has 8 heteroatoms. The number of nitrogens with zero attached hydrogens (tertiary/aromatic N) is 3. The first kappa shape index (κ1) is 22.5. The lowest BCUT2D eigenvalue weighted by Gasteiger charge is -2.27. The van der Waals surface area contributed by atoms with Crippen LogP contribution in [0.1, 0.15) is 60.6 Å². The molecule has 2 fully saturated rings. The van der Waals surface area contributed by atoms with Gasteiger partial charge in [-0.2, -0.15) is 5.26 Å². The number of nitriles is 1. The maximum atomic E-state index is 13.4. The third-order valence-corrected chi connectivity index (χ3v) is 8.17. The van der Waals surface area contributed by atoms with E-state index in [1.165, 1.54) is 0 Å². The van der Waals surface area contributed by atoms with E-state index in [0.717, 1.165) is 71.1 Å². The number of carbonyl (C=O) groups is 1. The number of ether oxygens (including phenoxy) is 1. The summed E-state index contributed by atoms with van der Waals surface area (Å²) < 4.78 is 12.9. The Morgan fingerprint density at radius 3 is 2.91 bits per heavy atom. The number of hydrogen-bond donors (Lipinski definition) is 1. The van der Waals surface area contributed by atoms with Gasteiger partial charge in [-0.1, -0.05) is 28.7 Å². The molecule has 2 saturated carbocycles. The Bertz CT molecular complexity index is 1340. The Labute approximate surface area is 217 Å². The molecule has 35 heavy (non-hydrogen) atoms. The SMILES string of the molecule is N#Cc1ccc(CCCI)c(NC(=O)[C@@H]2C[C@]23CCOc2ccc(-c4nnc(C5CC5)o4)cc23)c1. The zero-order chi connectivity index (χ0) is 24.0. The van der Waals surface area contributed by atoms with E-state index in [2.05, 4.69) is 50.2 Å². The molecule has 2 heterocycles. The van der Waals surface area contributed by atoms with Crippen LogP contribution >= 0.6 is 22.6 Å². The number of aromatic nitrogens is 2. The summed E-state index contributed by atoms with van der Waals surface area (Å²) in [6, 6.07) is 13.7. The molecule has 3 aromatic rings. The van der Waals surface area contributed by atoms with Crippen molar-refractivity contribution in [1.82, 2.24) is 10.2 Å². The van der Waals surface area contributed by atoms with Gasteiger partial charge in [0.15, 0.2) is 0 Å². The highest BCUT2D eigenvalue weighted by Gasteiger charge is 2.61. The fourth-order valence-corrected chi connectivity index (χ4v) is 5.56. The number of carbonyl (C=O) groups excluding carboxylic acids is 1. The molecule has 0 bridgehead atoms. The molecule has 178 valence electrons. The van der Waals surface area contributed by atoms with Gasteiger partial charge in [0.1, 0.15) is 5.75 Å². The van der Waals surface area contributed by atoms with Gasteiger partial charge >= 0.3 is 0 Å². The molecule has 3 aliphatic rings. The second kappa shape index (κ2) is 8.94. The minimum absolute atomic E-state index is 0.00266. The number of fused-ring (bicyclic) bond motifs is 2. The molecule has 1 amide bonds. The summed E-state index contributed by atoms with van der Waals surface area (Å²) in [5.74, 6) is 2.32. The topological polar surface area (TPSA) is 101 Å². The fourth-order valence-electron chi connectivity index (χ4n) is 5.18. The summed E-state index contributed by atoms with van der Waals surface area (Å²) in [5, 5.41) is 21.0. The Kier molecular flexibility index (Phi) is 5.75. The molecule has 0 saturated heterocycles. The zero-order valence-corrected chi connectivity index (χ0v) is 21.4. The van der Waals surface area contributed by atoms with Crippen LogP contribution in [-0.4, -0.2) is 27.1 Å². The number of halogens is 1. The third kappa shape index (κ3) is 4.20. The molecular weight excluding hydrogens is 555 g/mol. The fraction of sp³-hybridized carbons (Fsp3) is 0.407. The van der Waals surface area contributed by atoms with Crippen molar-refractivity contribution in [2.75, 3.05) is 16.4 Å². The van der Waals surface area contributed by atoms with E-state index in [-0.39, 0.29) is 17.2 Å². The van der Waals surface area contributed by atoms with Crippen LogP contribution < -0.4 is 10.1 Å². The quantitative estimate of drug-likeness (QED) is 0.291. The van der Waals surface area contributed by atoms with Crippen molar-refractivity contribution >= 4 is 34.2 Å². The molecule has 1 aromatic heterocycles. The summed E-state index contributed by atoms with van der Waals surface area (Å²) >= 11 is 2.36. The van der Waals surface area contributed by atoms with Gasteiger partial charge in [-0.05, 0) is 78.8 Å². The predicted octanol–water partition coefficient (Wildman–Crippen LogP) is 5.53. The van der Waals surface area contributed by atoms with Crippen molar-refractivity contribution in [3.8, 4) is 23.3 Å². The van der Waals surface area contributed by atoms with Crippen molar-refractivity contribution in [3.63, 3.8) is 0 Å². The minimum Gasteiger partial charge on any atom is -0.493 e. The van der Waals surface area contributed by atoms with Crippen LogP contribution in [0.15, 0.2) is 40.8 Å². The molecule has 0 unspecified atom stereocenters. The number of alkyl halides is 1. The average Bonchev–Trinajstić information content (AvgIpc) is 3.80. The molecule has 2 aliphatic carbocycles. The van der Waals surface area contributed by atoms with Crippen molar-refractivity contribution in [2.45, 2.75) is 49.9 Å². The number of amides is 1. The second-order valence-corrected chi connectivity index (χ2v) is 10.8. The third-order valence-electron chi connectivity index (χ3n) is 7.40. The molecule has 2 aromatic carbocycles. The maximum Gasteiger partial charge on any atom is 0.247 e. The van der Waals surface area contributed by atoms with E-state index < -0.39 is 0 Å². The van der Waals surface area contributed by atoms with Gasteiger partial charge in [0.25, 0.3) is 0 Å². The molecule has 6 rings (SSSR count). The molecule has 0 radical (unpaired) electrons. The highest BCUT2D eigenvalue weighted by molar-refractivity contribution is 14.1. The van der Waals surface area contributed by atoms with Crippen LogP contribution in [0.5, 0.6) is 5.75 Å². The molecule has 1 spiro atoms. The smallest absolute Gasteiger partial charge is 0.247 e. The lowest BCUT2D eigenvalue weighted by atomic mass is 9.86. The van der Waals surface area contributed by atoms with Crippen LogP contribution in [0.25, 0.3) is 11.5 Å². The lowest BCUT2D eigenvalue weighted by molar-refractivity contribution is -0.117. The normalized spacial score (nSPS) is 22.2. The summed E-state index contributed by atoms with van der Waals surface area (Å²) in [4.78, 5) is 13.4. The monoisotopic (exact) mass is 580 g/mol. The van der Waals surface area contributed by atoms with Crippen molar-refractivity contribution in [2.24, 2.45) is 5.92 Å². The number of aryl methyl sites for hydroxylation is 1. The molecular formula is C27H25IN4O3.